The number of hydrogen-bond donors (Lipinski definition) is 2. The highest BCUT2D eigenvalue weighted by Gasteiger charge is 2.49. The molecular weight excluding hydrogens is 497 g/mol. The van der Waals surface area contributed by atoms with Gasteiger partial charge in [-0.3, -0.25) is 0 Å². The van der Waals surface area contributed by atoms with Crippen LogP contribution in [0.4, 0.5) is 0 Å². The zero-order valence-corrected chi connectivity index (χ0v) is 24.0. The predicted octanol–water partition coefficient (Wildman–Crippen LogP) is 4.37. The van der Waals surface area contributed by atoms with Gasteiger partial charge < -0.3 is 19.3 Å². The van der Waals surface area contributed by atoms with Crippen molar-refractivity contribution in [2.75, 3.05) is 6.61 Å². The normalized spacial score (nSPS) is 14.6. The molecule has 1 aliphatic heterocycles. The third-order valence-corrected chi connectivity index (χ3v) is 12.8. The van der Waals surface area contributed by atoms with E-state index in [2.05, 4.69) is 78.4 Å². The SMILES string of the molecule is [B]NC(CCCC(C)(C)[Si](O)(c1ccccc1)c1ccccc1)Cc1ccc(-c2cn3c(n2)COCC3)cc1. The standard InChI is InChI=1S/C32H38BN3O2Si/c1-32(2,39(37,28-11-5-3-6-12-28)29-13-7-4-8-14-29)19-9-10-27(35-33)22-25-15-17-26(18-16-25)30-23-36-20-21-38-24-31(36)34-30/h3-8,11-18,23,27,35,37H,9-10,19-22,24H2,1-2H3. The molecule has 0 amide bonds. The minimum absolute atomic E-state index is 0.159. The molecule has 39 heavy (non-hydrogen) atoms. The van der Waals surface area contributed by atoms with Crippen molar-refractivity contribution in [2.45, 2.75) is 63.8 Å². The van der Waals surface area contributed by atoms with E-state index in [9.17, 15) is 4.80 Å². The lowest BCUT2D eigenvalue weighted by Gasteiger charge is -2.41. The summed E-state index contributed by atoms with van der Waals surface area (Å²) < 4.78 is 7.71. The highest BCUT2D eigenvalue weighted by molar-refractivity contribution is 6.98. The number of fused-ring (bicyclic) bond motifs is 1. The summed E-state index contributed by atoms with van der Waals surface area (Å²) in [4.78, 5) is 17.1. The van der Waals surface area contributed by atoms with Crippen LogP contribution in [0.1, 0.15) is 44.5 Å². The Morgan fingerprint density at radius 1 is 1.00 bits per heavy atom. The Morgan fingerprint density at radius 2 is 1.64 bits per heavy atom. The molecule has 200 valence electrons. The second-order valence-electron chi connectivity index (χ2n) is 11.3. The van der Waals surface area contributed by atoms with Crippen molar-refractivity contribution in [1.82, 2.24) is 14.8 Å². The molecule has 3 aromatic carbocycles. The minimum Gasteiger partial charge on any atom is -0.424 e. The summed E-state index contributed by atoms with van der Waals surface area (Å²) in [5.41, 5.74) is 3.35. The monoisotopic (exact) mass is 535 g/mol. The van der Waals surface area contributed by atoms with Gasteiger partial charge in [-0.25, -0.2) is 4.98 Å². The van der Waals surface area contributed by atoms with Crippen molar-refractivity contribution in [3.8, 4) is 11.3 Å². The lowest BCUT2D eigenvalue weighted by molar-refractivity contribution is 0.0816. The average molecular weight is 536 g/mol. The number of nitrogens with one attached hydrogen (secondary N) is 1. The van der Waals surface area contributed by atoms with Crippen LogP contribution in [0.2, 0.25) is 5.04 Å². The number of rotatable bonds is 11. The van der Waals surface area contributed by atoms with E-state index in [0.717, 1.165) is 66.3 Å². The molecule has 2 N–H and O–H groups in total. The number of ether oxygens (including phenoxy) is 1. The largest absolute Gasteiger partial charge is 0.424 e. The van der Waals surface area contributed by atoms with E-state index in [4.69, 9.17) is 17.7 Å². The summed E-state index contributed by atoms with van der Waals surface area (Å²) in [6.45, 7) is 6.63. The number of hydrogen-bond acceptors (Lipinski definition) is 4. The van der Waals surface area contributed by atoms with Crippen LogP contribution < -0.4 is 15.6 Å². The molecule has 1 atom stereocenters. The zero-order chi connectivity index (χ0) is 27.3. The first-order chi connectivity index (χ1) is 18.9. The molecule has 1 unspecified atom stereocenters. The van der Waals surface area contributed by atoms with E-state index in [1.807, 2.05) is 36.4 Å². The van der Waals surface area contributed by atoms with Gasteiger partial charge >= 0.3 is 0 Å². The molecule has 1 aromatic heterocycles. The molecular formula is C32H38BN3O2Si. The summed E-state index contributed by atoms with van der Waals surface area (Å²) >= 11 is 0. The van der Waals surface area contributed by atoms with Gasteiger partial charge in [0.25, 0.3) is 8.32 Å². The van der Waals surface area contributed by atoms with Crippen molar-refractivity contribution in [3.63, 3.8) is 0 Å². The van der Waals surface area contributed by atoms with Crippen LogP contribution in [0.5, 0.6) is 0 Å². The Labute approximate surface area is 234 Å². The van der Waals surface area contributed by atoms with E-state index in [-0.39, 0.29) is 11.1 Å². The summed E-state index contributed by atoms with van der Waals surface area (Å²) in [6, 6.07) is 29.3. The summed E-state index contributed by atoms with van der Waals surface area (Å²) in [5, 5.41) is 4.89. The molecule has 0 bridgehead atoms. The van der Waals surface area contributed by atoms with Gasteiger partial charge in [0.15, 0.2) is 7.98 Å². The van der Waals surface area contributed by atoms with Gasteiger partial charge in [-0.05, 0) is 46.3 Å². The smallest absolute Gasteiger partial charge is 0.258 e. The van der Waals surface area contributed by atoms with Crippen LogP contribution in [-0.4, -0.2) is 43.3 Å². The molecule has 2 heterocycles. The maximum atomic E-state index is 12.4. The molecule has 0 spiro atoms. The quantitative estimate of drug-likeness (QED) is 0.280. The van der Waals surface area contributed by atoms with Crippen molar-refractivity contribution < 1.29 is 9.53 Å². The van der Waals surface area contributed by atoms with Crippen molar-refractivity contribution in [3.05, 3.63) is 103 Å². The van der Waals surface area contributed by atoms with Crippen LogP contribution in [0, 0.1) is 0 Å². The number of nitrogens with zero attached hydrogens (tertiary/aromatic N) is 2. The number of aromatic nitrogens is 2. The van der Waals surface area contributed by atoms with Crippen LogP contribution in [-0.2, 0) is 24.3 Å². The lowest BCUT2D eigenvalue weighted by atomic mass is 9.96. The topological polar surface area (TPSA) is 59.3 Å². The molecule has 0 aliphatic carbocycles. The average Bonchev–Trinajstić information content (AvgIpc) is 3.42. The van der Waals surface area contributed by atoms with Gasteiger partial charge in [0.2, 0.25) is 0 Å². The van der Waals surface area contributed by atoms with E-state index in [0.29, 0.717) is 6.61 Å². The molecule has 2 radical (unpaired) electrons. The highest BCUT2D eigenvalue weighted by atomic mass is 28.4. The molecule has 5 nitrogen and oxygen atoms in total. The maximum absolute atomic E-state index is 12.4. The highest BCUT2D eigenvalue weighted by Crippen LogP contribution is 2.40. The Hall–Kier alpha value is -2.97. The van der Waals surface area contributed by atoms with E-state index < -0.39 is 8.32 Å². The third-order valence-electron chi connectivity index (χ3n) is 8.25. The third kappa shape index (κ3) is 5.97. The Morgan fingerprint density at radius 3 is 2.23 bits per heavy atom. The van der Waals surface area contributed by atoms with Gasteiger partial charge in [0.1, 0.15) is 12.4 Å². The minimum atomic E-state index is -3.00. The summed E-state index contributed by atoms with van der Waals surface area (Å²) in [5.74, 6) is 0.991. The molecule has 1 aliphatic rings. The molecule has 7 heteroatoms. The fraction of sp³-hybridized carbons (Fsp3) is 0.344. The molecule has 5 rings (SSSR count). The Balaban J connectivity index is 1.23. The molecule has 0 fully saturated rings. The van der Waals surface area contributed by atoms with Gasteiger partial charge in [-0.1, -0.05) is 105 Å². The second-order valence-corrected chi connectivity index (χ2v) is 15.2. The fourth-order valence-corrected chi connectivity index (χ4v) is 9.63. The van der Waals surface area contributed by atoms with Crippen LogP contribution in [0.25, 0.3) is 11.3 Å². The fourth-order valence-electron chi connectivity index (χ4n) is 5.85. The van der Waals surface area contributed by atoms with Gasteiger partial charge in [-0.15, -0.1) is 0 Å². The summed E-state index contributed by atoms with van der Waals surface area (Å²) in [6.07, 6.45) is 5.78. The van der Waals surface area contributed by atoms with Gasteiger partial charge in [0, 0.05) is 18.3 Å². The Bertz CT molecular complexity index is 1280. The first-order valence-electron chi connectivity index (χ1n) is 13.9. The lowest BCUT2D eigenvalue weighted by Crippen LogP contribution is -2.65. The van der Waals surface area contributed by atoms with E-state index in [1.54, 1.807) is 0 Å². The summed E-state index contributed by atoms with van der Waals surface area (Å²) in [7, 11) is 3.00. The van der Waals surface area contributed by atoms with Crippen LogP contribution >= 0.6 is 0 Å². The first kappa shape index (κ1) is 27.6. The maximum Gasteiger partial charge on any atom is 0.258 e. The van der Waals surface area contributed by atoms with Gasteiger partial charge in [0.05, 0.1) is 12.3 Å². The van der Waals surface area contributed by atoms with Crippen molar-refractivity contribution in [1.29, 1.82) is 0 Å². The Kier molecular flexibility index (Phi) is 8.52. The van der Waals surface area contributed by atoms with Gasteiger partial charge in [-0.2, -0.15) is 0 Å². The zero-order valence-electron chi connectivity index (χ0n) is 23.0. The van der Waals surface area contributed by atoms with Crippen molar-refractivity contribution in [2.24, 2.45) is 0 Å². The van der Waals surface area contributed by atoms with Crippen LogP contribution in [0.3, 0.4) is 0 Å². The molecule has 0 saturated carbocycles. The van der Waals surface area contributed by atoms with E-state index >= 15 is 0 Å². The van der Waals surface area contributed by atoms with Crippen LogP contribution in [0.15, 0.2) is 91.1 Å². The number of imidazole rings is 1. The molecule has 4 aromatic rings. The second kappa shape index (κ2) is 12.0. The number of benzene rings is 3. The van der Waals surface area contributed by atoms with E-state index in [1.165, 1.54) is 5.56 Å². The molecule has 0 saturated heterocycles. The predicted molar refractivity (Wildman–Crippen MR) is 162 cm³/mol. The van der Waals surface area contributed by atoms with Crippen molar-refractivity contribution >= 4 is 26.7 Å². The first-order valence-corrected chi connectivity index (χ1v) is 15.9.